The van der Waals surface area contributed by atoms with Crippen LogP contribution < -0.4 is 20.7 Å². The fraction of sp³-hybridized carbons (Fsp3) is 0.441. The van der Waals surface area contributed by atoms with Gasteiger partial charge < -0.3 is 25.6 Å². The van der Waals surface area contributed by atoms with Gasteiger partial charge in [-0.1, -0.05) is 75.4 Å². The lowest BCUT2D eigenvalue weighted by molar-refractivity contribution is -0.145. The van der Waals surface area contributed by atoms with Crippen molar-refractivity contribution in [2.24, 2.45) is 5.41 Å². The van der Waals surface area contributed by atoms with Crippen LogP contribution in [0.1, 0.15) is 51.2 Å². The second-order valence-corrected chi connectivity index (χ2v) is 12.0. The van der Waals surface area contributed by atoms with Crippen molar-refractivity contribution in [3.8, 4) is 5.75 Å². The Balaban J connectivity index is 1.37. The summed E-state index contributed by atoms with van der Waals surface area (Å²) < 4.78 is 5.20. The third kappa shape index (κ3) is 8.32. The molecule has 1 aliphatic heterocycles. The number of methoxy groups -OCH3 is 1. The van der Waals surface area contributed by atoms with E-state index in [0.717, 1.165) is 53.6 Å². The lowest BCUT2D eigenvalue weighted by Crippen LogP contribution is -2.55. The molecule has 1 heterocycles. The Kier molecular flexibility index (Phi) is 10.6. The molecule has 1 saturated heterocycles. The van der Waals surface area contributed by atoms with Gasteiger partial charge in [-0.15, -0.1) is 0 Å². The standard InChI is InChI=1S/C34H44N4O4/c1-34(2,3)33(41)38-20-7-11-30(38)32(40)37-29(22-25-12-15-26-9-5-6-10-27(26)21-25)31(39)36-19-8-18-35-23-24-13-16-28(42-4)17-14-24/h5-6,9-10,12-17,21,29-30,35H,7-8,11,18-20,22-23H2,1-4H3,(H,36,39)(H,37,40)/t29-,30?/m1/s1. The summed E-state index contributed by atoms with van der Waals surface area (Å²) in [4.78, 5) is 41.6. The third-order valence-corrected chi connectivity index (χ3v) is 7.66. The van der Waals surface area contributed by atoms with E-state index in [0.29, 0.717) is 25.9 Å². The summed E-state index contributed by atoms with van der Waals surface area (Å²) in [6, 6.07) is 20.8. The zero-order valence-electron chi connectivity index (χ0n) is 25.2. The summed E-state index contributed by atoms with van der Waals surface area (Å²) in [6.45, 7) is 8.10. The van der Waals surface area contributed by atoms with Crippen LogP contribution >= 0.6 is 0 Å². The van der Waals surface area contributed by atoms with E-state index < -0.39 is 17.5 Å². The van der Waals surface area contributed by atoms with E-state index in [1.165, 1.54) is 0 Å². The summed E-state index contributed by atoms with van der Waals surface area (Å²) in [5.74, 6) is 0.289. The van der Waals surface area contributed by atoms with Crippen LogP contribution in [0.15, 0.2) is 66.7 Å². The highest BCUT2D eigenvalue weighted by Gasteiger charge is 2.39. The molecule has 0 aliphatic carbocycles. The van der Waals surface area contributed by atoms with Crippen molar-refractivity contribution in [2.45, 2.75) is 65.1 Å². The van der Waals surface area contributed by atoms with Crippen molar-refractivity contribution in [1.82, 2.24) is 20.9 Å². The molecule has 0 saturated carbocycles. The van der Waals surface area contributed by atoms with Crippen LogP contribution in [-0.4, -0.2) is 61.4 Å². The lowest BCUT2D eigenvalue weighted by Gasteiger charge is -2.31. The average Bonchev–Trinajstić information content (AvgIpc) is 3.48. The van der Waals surface area contributed by atoms with Gasteiger partial charge in [-0.25, -0.2) is 0 Å². The molecule has 1 fully saturated rings. The molecule has 3 aromatic carbocycles. The molecule has 3 aromatic rings. The molecule has 1 unspecified atom stereocenters. The first-order valence-corrected chi connectivity index (χ1v) is 14.9. The third-order valence-electron chi connectivity index (χ3n) is 7.66. The van der Waals surface area contributed by atoms with Gasteiger partial charge in [-0.2, -0.15) is 0 Å². The normalized spacial score (nSPS) is 15.8. The summed E-state index contributed by atoms with van der Waals surface area (Å²) in [6.07, 6.45) is 2.47. The largest absolute Gasteiger partial charge is 0.497 e. The number of carbonyl (C=O) groups is 3. The molecule has 0 spiro atoms. The molecule has 0 radical (unpaired) electrons. The van der Waals surface area contributed by atoms with Crippen molar-refractivity contribution in [3.63, 3.8) is 0 Å². The first-order valence-electron chi connectivity index (χ1n) is 14.9. The Labute approximate surface area is 249 Å². The molecule has 42 heavy (non-hydrogen) atoms. The quantitative estimate of drug-likeness (QED) is 0.283. The van der Waals surface area contributed by atoms with Gasteiger partial charge in [0, 0.05) is 31.5 Å². The second kappa shape index (κ2) is 14.3. The number of carbonyl (C=O) groups excluding carboxylic acids is 3. The number of amides is 3. The van der Waals surface area contributed by atoms with E-state index in [-0.39, 0.29) is 17.7 Å². The van der Waals surface area contributed by atoms with E-state index in [1.807, 2.05) is 75.4 Å². The number of fused-ring (bicyclic) bond motifs is 1. The lowest BCUT2D eigenvalue weighted by atomic mass is 9.94. The van der Waals surface area contributed by atoms with Crippen LogP contribution in [0.5, 0.6) is 5.75 Å². The predicted octanol–water partition coefficient (Wildman–Crippen LogP) is 4.21. The number of likely N-dealkylation sites (tertiary alicyclic amines) is 1. The molecule has 3 N–H and O–H groups in total. The van der Waals surface area contributed by atoms with Crippen molar-refractivity contribution < 1.29 is 19.1 Å². The SMILES string of the molecule is COc1ccc(CNCCCNC(=O)[C@@H](Cc2ccc3ccccc3c2)NC(=O)C2CCCN2C(=O)C(C)(C)C)cc1. The van der Waals surface area contributed by atoms with E-state index in [1.54, 1.807) is 12.0 Å². The summed E-state index contributed by atoms with van der Waals surface area (Å²) >= 11 is 0. The van der Waals surface area contributed by atoms with Gasteiger partial charge in [0.1, 0.15) is 17.8 Å². The fourth-order valence-electron chi connectivity index (χ4n) is 5.32. The zero-order chi connectivity index (χ0) is 30.1. The Hall–Kier alpha value is -3.91. The van der Waals surface area contributed by atoms with E-state index in [9.17, 15) is 14.4 Å². The second-order valence-electron chi connectivity index (χ2n) is 12.0. The van der Waals surface area contributed by atoms with Gasteiger partial charge in [-0.05, 0) is 59.8 Å². The van der Waals surface area contributed by atoms with E-state index in [4.69, 9.17) is 4.74 Å². The molecule has 0 aromatic heterocycles. The van der Waals surface area contributed by atoms with Gasteiger partial charge in [0.05, 0.1) is 7.11 Å². The van der Waals surface area contributed by atoms with Crippen LogP contribution in [0.4, 0.5) is 0 Å². The van der Waals surface area contributed by atoms with Gasteiger partial charge in [0.2, 0.25) is 17.7 Å². The van der Waals surface area contributed by atoms with Crippen LogP contribution in [0.3, 0.4) is 0 Å². The van der Waals surface area contributed by atoms with E-state index in [2.05, 4.69) is 28.1 Å². The first kappa shape index (κ1) is 31.0. The fourth-order valence-corrected chi connectivity index (χ4v) is 5.32. The highest BCUT2D eigenvalue weighted by atomic mass is 16.5. The number of benzene rings is 3. The summed E-state index contributed by atoms with van der Waals surface area (Å²) in [7, 11) is 1.65. The molecule has 0 bridgehead atoms. The highest BCUT2D eigenvalue weighted by molar-refractivity contribution is 5.93. The maximum atomic E-state index is 13.5. The maximum absolute atomic E-state index is 13.5. The van der Waals surface area contributed by atoms with Crippen LogP contribution in [0, 0.1) is 5.41 Å². The summed E-state index contributed by atoms with van der Waals surface area (Å²) in [5.41, 5.74) is 1.54. The van der Waals surface area contributed by atoms with Crippen LogP contribution in [0.25, 0.3) is 10.8 Å². The molecule has 1 aliphatic rings. The molecule has 8 heteroatoms. The number of hydrogen-bond acceptors (Lipinski definition) is 5. The van der Waals surface area contributed by atoms with Crippen molar-refractivity contribution in [1.29, 1.82) is 0 Å². The predicted molar refractivity (Wildman–Crippen MR) is 166 cm³/mol. The number of nitrogens with zero attached hydrogens (tertiary/aromatic N) is 1. The number of ether oxygens (including phenoxy) is 1. The Morgan fingerprint density at radius 3 is 2.38 bits per heavy atom. The van der Waals surface area contributed by atoms with Gasteiger partial charge in [-0.3, -0.25) is 14.4 Å². The van der Waals surface area contributed by atoms with Crippen LogP contribution in [0.2, 0.25) is 0 Å². The Bertz CT molecular complexity index is 1370. The Morgan fingerprint density at radius 2 is 1.67 bits per heavy atom. The van der Waals surface area contributed by atoms with Gasteiger partial charge in [0.25, 0.3) is 0 Å². The molecule has 3 amide bonds. The highest BCUT2D eigenvalue weighted by Crippen LogP contribution is 2.26. The number of rotatable bonds is 12. The minimum Gasteiger partial charge on any atom is -0.497 e. The summed E-state index contributed by atoms with van der Waals surface area (Å²) in [5, 5.41) is 11.6. The zero-order valence-corrected chi connectivity index (χ0v) is 25.2. The molecule has 8 nitrogen and oxygen atoms in total. The Morgan fingerprint density at radius 1 is 0.952 bits per heavy atom. The van der Waals surface area contributed by atoms with Gasteiger partial charge in [0.15, 0.2) is 0 Å². The monoisotopic (exact) mass is 572 g/mol. The molecule has 4 rings (SSSR count). The number of hydrogen-bond donors (Lipinski definition) is 3. The molecule has 224 valence electrons. The van der Waals surface area contributed by atoms with Crippen molar-refractivity contribution in [2.75, 3.05) is 26.7 Å². The van der Waals surface area contributed by atoms with Crippen LogP contribution in [-0.2, 0) is 27.3 Å². The smallest absolute Gasteiger partial charge is 0.243 e. The molecular formula is C34H44N4O4. The van der Waals surface area contributed by atoms with Gasteiger partial charge >= 0.3 is 0 Å². The van der Waals surface area contributed by atoms with Crippen molar-refractivity contribution in [3.05, 3.63) is 77.9 Å². The minimum atomic E-state index is -0.752. The molecular weight excluding hydrogens is 528 g/mol. The van der Waals surface area contributed by atoms with E-state index >= 15 is 0 Å². The first-order chi connectivity index (χ1) is 20.2. The minimum absolute atomic E-state index is 0.0437. The number of nitrogens with one attached hydrogen (secondary N) is 3. The topological polar surface area (TPSA) is 99.8 Å². The average molecular weight is 573 g/mol. The van der Waals surface area contributed by atoms with Crippen molar-refractivity contribution >= 4 is 28.5 Å². The maximum Gasteiger partial charge on any atom is 0.243 e. The molecule has 2 atom stereocenters.